The summed E-state index contributed by atoms with van der Waals surface area (Å²) in [4.78, 5) is 25.4. The van der Waals surface area contributed by atoms with E-state index in [1.54, 1.807) is 49.9 Å². The summed E-state index contributed by atoms with van der Waals surface area (Å²) < 4.78 is 6.89. The molecule has 1 aromatic heterocycles. The van der Waals surface area contributed by atoms with Gasteiger partial charge in [-0.2, -0.15) is 5.10 Å². The maximum absolute atomic E-state index is 13.1. The lowest BCUT2D eigenvalue weighted by molar-refractivity contribution is -0.120. The highest BCUT2D eigenvalue weighted by molar-refractivity contribution is 6.11. The summed E-state index contributed by atoms with van der Waals surface area (Å²) in [6, 6.07) is 14.6. The van der Waals surface area contributed by atoms with Crippen LogP contribution in [0.25, 0.3) is 16.6 Å². The van der Waals surface area contributed by atoms with Crippen molar-refractivity contribution < 1.29 is 19.4 Å². The second-order valence-electron chi connectivity index (χ2n) is 9.29. The van der Waals surface area contributed by atoms with Crippen molar-refractivity contribution in [3.05, 3.63) is 89.3 Å². The second-order valence-corrected chi connectivity index (χ2v) is 9.29. The molecule has 0 spiro atoms. The van der Waals surface area contributed by atoms with Gasteiger partial charge in [0.05, 0.1) is 36.4 Å². The number of azo groups is 1. The topological polar surface area (TPSA) is 118 Å². The zero-order valence-corrected chi connectivity index (χ0v) is 20.1. The number of carbonyl (C=O) groups is 2. The van der Waals surface area contributed by atoms with Crippen molar-refractivity contribution in [2.75, 3.05) is 12.4 Å². The minimum atomic E-state index is -0.984. The van der Waals surface area contributed by atoms with Gasteiger partial charge in [-0.25, -0.2) is 0 Å². The van der Waals surface area contributed by atoms with Crippen molar-refractivity contribution in [2.45, 2.75) is 26.0 Å². The fraction of sp³-hybridized carbons (Fsp3) is 0.222. The lowest BCUT2D eigenvalue weighted by atomic mass is 9.89. The Hall–Kier alpha value is -4.37. The van der Waals surface area contributed by atoms with E-state index in [1.807, 2.05) is 42.5 Å². The van der Waals surface area contributed by atoms with Crippen molar-refractivity contribution >= 4 is 34.1 Å². The molecule has 2 aliphatic rings. The number of aromatic nitrogens is 2. The molecule has 9 nitrogen and oxygen atoms in total. The number of benzene rings is 2. The third kappa shape index (κ3) is 4.48. The number of methoxy groups -OCH3 is 1. The molecule has 0 fully saturated rings. The smallest absolute Gasteiger partial charge is 0.276 e. The molecule has 0 bridgehead atoms. The highest BCUT2D eigenvalue weighted by atomic mass is 16.5. The van der Waals surface area contributed by atoms with Gasteiger partial charge in [-0.1, -0.05) is 36.4 Å². The molecule has 1 atom stereocenters. The highest BCUT2D eigenvalue weighted by Gasteiger charge is 2.30. The molecule has 182 valence electrons. The Bertz CT molecular complexity index is 1490. The number of nitrogens with zero attached hydrogens (tertiary/aromatic N) is 4. The summed E-state index contributed by atoms with van der Waals surface area (Å²) in [5.41, 5.74) is 2.75. The number of rotatable bonds is 6. The quantitative estimate of drug-likeness (QED) is 0.536. The highest BCUT2D eigenvalue weighted by Crippen LogP contribution is 2.35. The van der Waals surface area contributed by atoms with Crippen molar-refractivity contribution in [1.82, 2.24) is 9.78 Å². The van der Waals surface area contributed by atoms with Crippen LogP contribution >= 0.6 is 0 Å². The van der Waals surface area contributed by atoms with Gasteiger partial charge in [0.2, 0.25) is 0 Å². The molecule has 2 amide bonds. The van der Waals surface area contributed by atoms with E-state index in [4.69, 9.17) is 4.74 Å². The number of nitrogens with one attached hydrogen (secondary N) is 1. The van der Waals surface area contributed by atoms with Crippen LogP contribution in [-0.4, -0.2) is 39.4 Å². The van der Waals surface area contributed by atoms with Gasteiger partial charge in [-0.3, -0.25) is 14.3 Å². The average molecular weight is 484 g/mol. The minimum Gasteiger partial charge on any atom is -0.497 e. The summed E-state index contributed by atoms with van der Waals surface area (Å²) in [5, 5.41) is 26.3. The Labute approximate surface area is 207 Å². The standard InChI is InChI=1S/C27H25N5O4/c1-27(2,35)15-32-22-7-5-4-6-20(22)24(31-32)26(34)28-17-10-8-16(9-11-17)23-19-13-12-18(36-3)14-21(19)25(33)30-29-23/h4-14,21,35H,15H2,1-3H3,(H,28,34). The van der Waals surface area contributed by atoms with Crippen LogP contribution in [0.1, 0.15) is 29.9 Å². The molecule has 1 unspecified atom stereocenters. The molecule has 2 N–H and O–H groups in total. The molecule has 1 aliphatic carbocycles. The average Bonchev–Trinajstić information content (AvgIpc) is 3.22. The van der Waals surface area contributed by atoms with E-state index >= 15 is 0 Å². The molecule has 5 rings (SSSR count). The van der Waals surface area contributed by atoms with Gasteiger partial charge in [-0.05, 0) is 49.8 Å². The number of amides is 2. The third-order valence-corrected chi connectivity index (χ3v) is 5.94. The van der Waals surface area contributed by atoms with E-state index in [9.17, 15) is 14.7 Å². The van der Waals surface area contributed by atoms with Crippen LogP contribution in [0.5, 0.6) is 0 Å². The Kier molecular flexibility index (Phi) is 5.85. The van der Waals surface area contributed by atoms with Crippen LogP contribution in [0, 0.1) is 5.92 Å². The lowest BCUT2D eigenvalue weighted by Crippen LogP contribution is -2.27. The number of hydrogen-bond donors (Lipinski definition) is 2. The predicted molar refractivity (Wildman–Crippen MR) is 135 cm³/mol. The van der Waals surface area contributed by atoms with Gasteiger partial charge in [0, 0.05) is 16.6 Å². The molecular weight excluding hydrogens is 458 g/mol. The fourth-order valence-corrected chi connectivity index (χ4v) is 4.28. The number of aliphatic hydroxyl groups is 1. The van der Waals surface area contributed by atoms with Gasteiger partial charge < -0.3 is 15.2 Å². The molecule has 0 saturated carbocycles. The van der Waals surface area contributed by atoms with E-state index in [1.165, 1.54) is 0 Å². The van der Waals surface area contributed by atoms with Gasteiger partial charge in [0.1, 0.15) is 5.76 Å². The van der Waals surface area contributed by atoms with Gasteiger partial charge in [-0.15, -0.1) is 10.2 Å². The second kappa shape index (κ2) is 9.01. The van der Waals surface area contributed by atoms with Crippen LogP contribution in [0.3, 0.4) is 0 Å². The molecule has 2 heterocycles. The first kappa shape index (κ1) is 23.4. The molecule has 1 aliphatic heterocycles. The molecule has 9 heteroatoms. The number of para-hydroxylation sites is 1. The van der Waals surface area contributed by atoms with E-state index in [-0.39, 0.29) is 24.1 Å². The third-order valence-electron chi connectivity index (χ3n) is 5.94. The van der Waals surface area contributed by atoms with Crippen molar-refractivity contribution in [2.24, 2.45) is 16.1 Å². The summed E-state index contributed by atoms with van der Waals surface area (Å²) >= 11 is 0. The van der Waals surface area contributed by atoms with Crippen LogP contribution in [0.15, 0.2) is 88.3 Å². The molecule has 36 heavy (non-hydrogen) atoms. The monoisotopic (exact) mass is 483 g/mol. The van der Waals surface area contributed by atoms with Crippen LogP contribution < -0.4 is 5.32 Å². The summed E-state index contributed by atoms with van der Waals surface area (Å²) in [7, 11) is 1.55. The summed E-state index contributed by atoms with van der Waals surface area (Å²) in [6.45, 7) is 3.64. The first-order chi connectivity index (χ1) is 17.2. The largest absolute Gasteiger partial charge is 0.497 e. The zero-order chi connectivity index (χ0) is 25.4. The lowest BCUT2D eigenvalue weighted by Gasteiger charge is -2.21. The van der Waals surface area contributed by atoms with Crippen molar-refractivity contribution in [3.8, 4) is 0 Å². The minimum absolute atomic E-state index is 0.250. The molecule has 0 saturated heterocycles. The fourth-order valence-electron chi connectivity index (χ4n) is 4.28. The Morgan fingerprint density at radius 3 is 2.58 bits per heavy atom. The van der Waals surface area contributed by atoms with Crippen LogP contribution in [0.4, 0.5) is 5.69 Å². The Morgan fingerprint density at radius 1 is 1.11 bits per heavy atom. The molecule has 2 aromatic carbocycles. The SMILES string of the molecule is COC1=CC2C(=O)N=NC(c3ccc(NC(=O)c4nn(CC(C)(C)O)c5ccccc45)cc3)=C2C=C1. The first-order valence-corrected chi connectivity index (χ1v) is 11.5. The summed E-state index contributed by atoms with van der Waals surface area (Å²) in [5.74, 6) is -0.632. The Balaban J connectivity index is 1.40. The van der Waals surface area contributed by atoms with E-state index in [2.05, 4.69) is 20.6 Å². The first-order valence-electron chi connectivity index (χ1n) is 11.5. The van der Waals surface area contributed by atoms with Crippen molar-refractivity contribution in [1.29, 1.82) is 0 Å². The summed E-state index contributed by atoms with van der Waals surface area (Å²) in [6.07, 6.45) is 5.33. The number of fused-ring (bicyclic) bond motifs is 2. The number of ether oxygens (including phenoxy) is 1. The number of allylic oxidation sites excluding steroid dienone is 2. The van der Waals surface area contributed by atoms with Crippen LogP contribution in [0.2, 0.25) is 0 Å². The Morgan fingerprint density at radius 2 is 1.86 bits per heavy atom. The maximum atomic E-state index is 13.1. The maximum Gasteiger partial charge on any atom is 0.276 e. The van der Waals surface area contributed by atoms with Gasteiger partial charge >= 0.3 is 0 Å². The van der Waals surface area contributed by atoms with Crippen molar-refractivity contribution in [3.63, 3.8) is 0 Å². The number of carbonyl (C=O) groups excluding carboxylic acids is 2. The predicted octanol–water partition coefficient (Wildman–Crippen LogP) is 4.48. The molecule has 3 aromatic rings. The van der Waals surface area contributed by atoms with E-state index < -0.39 is 11.5 Å². The van der Waals surface area contributed by atoms with Gasteiger partial charge in [0.25, 0.3) is 11.8 Å². The molecule has 0 radical (unpaired) electrons. The van der Waals surface area contributed by atoms with E-state index in [0.717, 1.165) is 16.7 Å². The van der Waals surface area contributed by atoms with Gasteiger partial charge in [0.15, 0.2) is 5.69 Å². The van der Waals surface area contributed by atoms with Crippen LogP contribution in [-0.2, 0) is 16.1 Å². The molecular formula is C27H25N5O4. The number of anilines is 1. The normalized spacial score (nSPS) is 17.3. The zero-order valence-electron chi connectivity index (χ0n) is 20.1. The number of hydrogen-bond acceptors (Lipinski definition) is 6. The van der Waals surface area contributed by atoms with E-state index in [0.29, 0.717) is 22.5 Å².